The lowest BCUT2D eigenvalue weighted by Gasteiger charge is -2.23. The molecule has 0 unspecified atom stereocenters. The van der Waals surface area contributed by atoms with Crippen LogP contribution in [0.2, 0.25) is 0 Å². The van der Waals surface area contributed by atoms with E-state index in [-0.39, 0.29) is 12.0 Å². The highest BCUT2D eigenvalue weighted by molar-refractivity contribution is 5.92. The Balaban J connectivity index is 1.65. The van der Waals surface area contributed by atoms with Crippen molar-refractivity contribution >= 4 is 17.7 Å². The largest absolute Gasteiger partial charge is 0.462 e. The number of urea groups is 1. The monoisotopic (exact) mass is 341 g/mol. The number of nitrogens with zero attached hydrogens (tertiary/aromatic N) is 2. The molecule has 6 nitrogen and oxygen atoms in total. The van der Waals surface area contributed by atoms with Crippen molar-refractivity contribution in [2.75, 3.05) is 11.9 Å². The molecule has 1 fully saturated rings. The molecule has 6 heteroatoms. The summed E-state index contributed by atoms with van der Waals surface area (Å²) in [6, 6.07) is 10.9. The summed E-state index contributed by atoms with van der Waals surface area (Å²) in [6.45, 7) is 2.69. The van der Waals surface area contributed by atoms with Gasteiger partial charge in [-0.2, -0.15) is 0 Å². The second kappa shape index (κ2) is 7.42. The zero-order valence-corrected chi connectivity index (χ0v) is 14.6. The first-order chi connectivity index (χ1) is 12.1. The van der Waals surface area contributed by atoms with E-state index in [1.165, 1.54) is 0 Å². The molecule has 25 heavy (non-hydrogen) atoms. The molecule has 0 saturated heterocycles. The number of benzene rings is 1. The SMILES string of the molecule is CCOC(=O)c1ccc(NC(=O)N(Cc2cccn2C)C2CC2)cc1. The van der Waals surface area contributed by atoms with Gasteiger partial charge in [0.05, 0.1) is 18.7 Å². The standard InChI is InChI=1S/C19H23N3O3/c1-3-25-18(23)14-6-8-15(9-7-14)20-19(24)22(16-10-11-16)13-17-5-4-12-21(17)2/h4-9,12,16H,3,10-11,13H2,1-2H3,(H,20,24). The van der Waals surface area contributed by atoms with E-state index in [4.69, 9.17) is 4.74 Å². The molecule has 1 heterocycles. The first-order valence-electron chi connectivity index (χ1n) is 8.53. The average Bonchev–Trinajstić information content (AvgIpc) is 3.36. The normalized spacial score (nSPS) is 13.4. The highest BCUT2D eigenvalue weighted by Crippen LogP contribution is 2.29. The van der Waals surface area contributed by atoms with Crippen molar-refractivity contribution in [3.63, 3.8) is 0 Å². The number of carbonyl (C=O) groups excluding carboxylic acids is 2. The summed E-state index contributed by atoms with van der Waals surface area (Å²) in [5.74, 6) is -0.358. The Kier molecular flexibility index (Phi) is 5.07. The van der Waals surface area contributed by atoms with E-state index >= 15 is 0 Å². The number of esters is 1. The quantitative estimate of drug-likeness (QED) is 0.819. The number of hydrogen-bond acceptors (Lipinski definition) is 3. The molecule has 2 amide bonds. The minimum Gasteiger partial charge on any atom is -0.462 e. The number of hydrogen-bond donors (Lipinski definition) is 1. The van der Waals surface area contributed by atoms with Crippen LogP contribution in [0, 0.1) is 0 Å². The first-order valence-corrected chi connectivity index (χ1v) is 8.53. The number of aryl methyl sites for hydroxylation is 1. The van der Waals surface area contributed by atoms with Gasteiger partial charge in [0.15, 0.2) is 0 Å². The summed E-state index contributed by atoms with van der Waals surface area (Å²) in [7, 11) is 1.98. The lowest BCUT2D eigenvalue weighted by Crippen LogP contribution is -2.36. The highest BCUT2D eigenvalue weighted by atomic mass is 16.5. The van der Waals surface area contributed by atoms with Crippen LogP contribution in [0.3, 0.4) is 0 Å². The molecule has 1 saturated carbocycles. The molecule has 132 valence electrons. The Labute approximate surface area is 147 Å². The molecular formula is C19H23N3O3. The third-order valence-electron chi connectivity index (χ3n) is 4.28. The maximum absolute atomic E-state index is 12.7. The summed E-state index contributed by atoms with van der Waals surface area (Å²) in [6.07, 6.45) is 4.06. The smallest absolute Gasteiger partial charge is 0.338 e. The number of rotatable bonds is 6. The van der Waals surface area contributed by atoms with Gasteiger partial charge in [0.25, 0.3) is 0 Å². The van der Waals surface area contributed by atoms with Gasteiger partial charge in [0, 0.05) is 30.7 Å². The Morgan fingerprint density at radius 2 is 1.96 bits per heavy atom. The number of aromatic nitrogens is 1. The maximum atomic E-state index is 12.7. The van der Waals surface area contributed by atoms with Crippen molar-refractivity contribution in [3.05, 3.63) is 53.9 Å². The maximum Gasteiger partial charge on any atom is 0.338 e. The van der Waals surface area contributed by atoms with E-state index in [0.29, 0.717) is 30.4 Å². The first kappa shape index (κ1) is 17.1. The zero-order chi connectivity index (χ0) is 17.8. The van der Waals surface area contributed by atoms with Crippen LogP contribution < -0.4 is 5.32 Å². The predicted octanol–water partition coefficient (Wildman–Crippen LogP) is 3.40. The number of ether oxygens (including phenoxy) is 1. The molecular weight excluding hydrogens is 318 g/mol. The van der Waals surface area contributed by atoms with Crippen molar-refractivity contribution in [1.82, 2.24) is 9.47 Å². The molecule has 0 spiro atoms. The number of amides is 2. The van der Waals surface area contributed by atoms with Crippen molar-refractivity contribution in [2.24, 2.45) is 7.05 Å². The molecule has 0 radical (unpaired) electrons. The highest BCUT2D eigenvalue weighted by Gasteiger charge is 2.33. The molecule has 1 aromatic heterocycles. The van der Waals surface area contributed by atoms with E-state index < -0.39 is 0 Å². The molecule has 1 aliphatic rings. The topological polar surface area (TPSA) is 63.6 Å². The second-order valence-corrected chi connectivity index (χ2v) is 6.20. The van der Waals surface area contributed by atoms with Crippen LogP contribution >= 0.6 is 0 Å². The van der Waals surface area contributed by atoms with Gasteiger partial charge in [0.2, 0.25) is 0 Å². The Hall–Kier alpha value is -2.76. The fourth-order valence-corrected chi connectivity index (χ4v) is 2.69. The fraction of sp³-hybridized carbons (Fsp3) is 0.368. The van der Waals surface area contributed by atoms with Gasteiger partial charge in [0.1, 0.15) is 0 Å². The van der Waals surface area contributed by atoms with Gasteiger partial charge in [-0.05, 0) is 56.2 Å². The second-order valence-electron chi connectivity index (χ2n) is 6.20. The molecule has 3 rings (SSSR count). The van der Waals surface area contributed by atoms with E-state index in [2.05, 4.69) is 5.32 Å². The van der Waals surface area contributed by atoms with Crippen LogP contribution in [0.25, 0.3) is 0 Å². The van der Waals surface area contributed by atoms with Crippen LogP contribution in [0.15, 0.2) is 42.6 Å². The van der Waals surface area contributed by atoms with Crippen LogP contribution in [0.4, 0.5) is 10.5 Å². The summed E-state index contributed by atoms with van der Waals surface area (Å²) in [4.78, 5) is 26.2. The number of carbonyl (C=O) groups is 2. The van der Waals surface area contributed by atoms with Gasteiger partial charge in [-0.1, -0.05) is 0 Å². The third-order valence-corrected chi connectivity index (χ3v) is 4.28. The minimum absolute atomic E-state index is 0.118. The molecule has 2 aromatic rings. The van der Waals surface area contributed by atoms with Crippen molar-refractivity contribution in [3.8, 4) is 0 Å². The average molecular weight is 341 g/mol. The minimum atomic E-state index is -0.358. The summed E-state index contributed by atoms with van der Waals surface area (Å²) >= 11 is 0. The van der Waals surface area contributed by atoms with Crippen LogP contribution in [0.5, 0.6) is 0 Å². The lowest BCUT2D eigenvalue weighted by molar-refractivity contribution is 0.0526. The van der Waals surface area contributed by atoms with Crippen LogP contribution in [0.1, 0.15) is 35.8 Å². The lowest BCUT2D eigenvalue weighted by atomic mass is 10.2. The predicted molar refractivity (Wildman–Crippen MR) is 95.4 cm³/mol. The third kappa shape index (κ3) is 4.21. The molecule has 1 aliphatic carbocycles. The van der Waals surface area contributed by atoms with E-state index in [1.54, 1.807) is 31.2 Å². The van der Waals surface area contributed by atoms with E-state index in [1.807, 2.05) is 34.8 Å². The van der Waals surface area contributed by atoms with Crippen LogP contribution in [-0.4, -0.2) is 34.1 Å². The fourth-order valence-electron chi connectivity index (χ4n) is 2.69. The van der Waals surface area contributed by atoms with Gasteiger partial charge < -0.3 is 19.5 Å². The molecule has 0 atom stereocenters. The molecule has 0 bridgehead atoms. The molecule has 0 aliphatic heterocycles. The van der Waals surface area contributed by atoms with Gasteiger partial charge >= 0.3 is 12.0 Å². The zero-order valence-electron chi connectivity index (χ0n) is 14.6. The van der Waals surface area contributed by atoms with Gasteiger partial charge in [-0.15, -0.1) is 0 Å². The Morgan fingerprint density at radius 1 is 1.24 bits per heavy atom. The summed E-state index contributed by atoms with van der Waals surface area (Å²) in [5.41, 5.74) is 2.23. The van der Waals surface area contributed by atoms with E-state index in [9.17, 15) is 9.59 Å². The van der Waals surface area contributed by atoms with Gasteiger partial charge in [-0.3, -0.25) is 0 Å². The van der Waals surface area contributed by atoms with Crippen molar-refractivity contribution in [2.45, 2.75) is 32.4 Å². The molecule has 1 aromatic carbocycles. The molecule has 1 N–H and O–H groups in total. The van der Waals surface area contributed by atoms with Crippen LogP contribution in [-0.2, 0) is 18.3 Å². The van der Waals surface area contributed by atoms with Crippen molar-refractivity contribution in [1.29, 1.82) is 0 Å². The Bertz CT molecular complexity index is 748. The van der Waals surface area contributed by atoms with E-state index in [0.717, 1.165) is 18.5 Å². The van der Waals surface area contributed by atoms with Gasteiger partial charge in [-0.25, -0.2) is 9.59 Å². The Morgan fingerprint density at radius 3 is 2.52 bits per heavy atom. The summed E-state index contributed by atoms with van der Waals surface area (Å²) in [5, 5.41) is 2.92. The summed E-state index contributed by atoms with van der Waals surface area (Å²) < 4.78 is 6.98. The van der Waals surface area contributed by atoms with Crippen molar-refractivity contribution < 1.29 is 14.3 Å². The number of anilines is 1. The number of nitrogens with one attached hydrogen (secondary N) is 1.